The van der Waals surface area contributed by atoms with Crippen LogP contribution < -0.4 is 0 Å². The number of hydrogen-bond donors (Lipinski definition) is 0. The van der Waals surface area contributed by atoms with Crippen LogP contribution >= 0.6 is 0 Å². The molecule has 1 rings (SSSR count). The fourth-order valence-electron chi connectivity index (χ4n) is 1.54. The molecule has 0 bridgehead atoms. The minimum Gasteiger partial charge on any atom is -0.197 e. The molecule has 0 radical (unpaired) electrons. The maximum absolute atomic E-state index is 8.82. The minimum atomic E-state index is -0.168. The maximum Gasteiger partial charge on any atom is 0.0751 e. The zero-order valence-corrected chi connectivity index (χ0v) is 6.27. The average molecular weight is 135 g/mol. The topological polar surface area (TPSA) is 23.8 Å². The Morgan fingerprint density at radius 1 is 1.30 bits per heavy atom. The van der Waals surface area contributed by atoms with E-state index in [1.54, 1.807) is 0 Å². The van der Waals surface area contributed by atoms with Crippen molar-refractivity contribution in [2.75, 3.05) is 0 Å². The second-order valence-electron chi connectivity index (χ2n) is 3.03. The van der Waals surface area contributed by atoms with Gasteiger partial charge in [-0.1, -0.05) is 25.3 Å². The van der Waals surface area contributed by atoms with Gasteiger partial charge < -0.3 is 0 Å². The normalized spacial score (nSPS) is 23.1. The van der Waals surface area contributed by atoms with Crippen LogP contribution in [0.3, 0.4) is 0 Å². The molecule has 1 nitrogen and oxygen atoms in total. The Hall–Kier alpha value is -0.770. The summed E-state index contributed by atoms with van der Waals surface area (Å²) in [5.41, 5.74) is -0.168. The first-order chi connectivity index (χ1) is 4.83. The van der Waals surface area contributed by atoms with Gasteiger partial charge in [0.2, 0.25) is 0 Å². The van der Waals surface area contributed by atoms with Crippen LogP contribution in [0.5, 0.6) is 0 Å². The summed E-state index contributed by atoms with van der Waals surface area (Å²) in [6.07, 6.45) is 7.54. The third-order valence-corrected chi connectivity index (χ3v) is 2.36. The molecule has 1 aliphatic rings. The highest BCUT2D eigenvalue weighted by molar-refractivity contribution is 5.10. The Labute approximate surface area is 62.4 Å². The lowest BCUT2D eigenvalue weighted by atomic mass is 9.75. The zero-order valence-electron chi connectivity index (χ0n) is 6.27. The van der Waals surface area contributed by atoms with Crippen molar-refractivity contribution in [2.45, 2.75) is 32.1 Å². The monoisotopic (exact) mass is 135 g/mol. The molecular weight excluding hydrogens is 122 g/mol. The molecule has 0 atom stereocenters. The SMILES string of the molecule is C=CC1(C#N)CCCCC1. The van der Waals surface area contributed by atoms with Gasteiger partial charge in [-0.15, -0.1) is 6.58 Å². The van der Waals surface area contributed by atoms with Crippen LogP contribution in [0.1, 0.15) is 32.1 Å². The average Bonchev–Trinajstić information content (AvgIpc) is 2.06. The van der Waals surface area contributed by atoms with Crippen molar-refractivity contribution in [3.05, 3.63) is 12.7 Å². The van der Waals surface area contributed by atoms with E-state index in [2.05, 4.69) is 12.6 Å². The van der Waals surface area contributed by atoms with Crippen molar-refractivity contribution < 1.29 is 0 Å². The first-order valence-electron chi connectivity index (χ1n) is 3.88. The van der Waals surface area contributed by atoms with E-state index < -0.39 is 0 Å². The van der Waals surface area contributed by atoms with E-state index in [4.69, 9.17) is 5.26 Å². The molecule has 1 heteroatoms. The van der Waals surface area contributed by atoms with Gasteiger partial charge in [-0.3, -0.25) is 0 Å². The largest absolute Gasteiger partial charge is 0.197 e. The van der Waals surface area contributed by atoms with Crippen molar-refractivity contribution in [3.8, 4) is 6.07 Å². The smallest absolute Gasteiger partial charge is 0.0751 e. The van der Waals surface area contributed by atoms with Crippen molar-refractivity contribution in [3.63, 3.8) is 0 Å². The van der Waals surface area contributed by atoms with E-state index in [0.29, 0.717) is 0 Å². The van der Waals surface area contributed by atoms with E-state index in [1.807, 2.05) is 6.08 Å². The number of rotatable bonds is 1. The summed E-state index contributed by atoms with van der Waals surface area (Å²) < 4.78 is 0. The quantitative estimate of drug-likeness (QED) is 0.507. The molecule has 0 amide bonds. The van der Waals surface area contributed by atoms with Gasteiger partial charge in [0.1, 0.15) is 0 Å². The van der Waals surface area contributed by atoms with E-state index in [-0.39, 0.29) is 5.41 Å². The zero-order chi connectivity index (χ0) is 7.45. The highest BCUT2D eigenvalue weighted by Crippen LogP contribution is 2.36. The van der Waals surface area contributed by atoms with Gasteiger partial charge in [0.15, 0.2) is 0 Å². The van der Waals surface area contributed by atoms with Crippen LogP contribution in [0.2, 0.25) is 0 Å². The predicted octanol–water partition coefficient (Wildman–Crippen LogP) is 2.65. The van der Waals surface area contributed by atoms with Gasteiger partial charge in [0.05, 0.1) is 11.5 Å². The highest BCUT2D eigenvalue weighted by atomic mass is 14.4. The van der Waals surface area contributed by atoms with Crippen molar-refractivity contribution in [2.24, 2.45) is 5.41 Å². The third kappa shape index (κ3) is 1.21. The Morgan fingerprint density at radius 3 is 2.20 bits per heavy atom. The maximum atomic E-state index is 8.82. The fourth-order valence-corrected chi connectivity index (χ4v) is 1.54. The first-order valence-corrected chi connectivity index (χ1v) is 3.88. The van der Waals surface area contributed by atoms with Crippen LogP contribution in [-0.4, -0.2) is 0 Å². The van der Waals surface area contributed by atoms with Gasteiger partial charge in [0.25, 0.3) is 0 Å². The van der Waals surface area contributed by atoms with Crippen LogP contribution in [0.15, 0.2) is 12.7 Å². The number of nitrogens with zero attached hydrogens (tertiary/aromatic N) is 1. The summed E-state index contributed by atoms with van der Waals surface area (Å²) in [5.74, 6) is 0. The number of nitriles is 1. The first kappa shape index (κ1) is 7.34. The highest BCUT2D eigenvalue weighted by Gasteiger charge is 2.27. The van der Waals surface area contributed by atoms with E-state index in [9.17, 15) is 0 Å². The third-order valence-electron chi connectivity index (χ3n) is 2.36. The van der Waals surface area contributed by atoms with Gasteiger partial charge in [-0.2, -0.15) is 5.26 Å². The number of hydrogen-bond acceptors (Lipinski definition) is 1. The lowest BCUT2D eigenvalue weighted by molar-refractivity contribution is 0.336. The minimum absolute atomic E-state index is 0.168. The molecule has 0 heterocycles. The molecule has 0 N–H and O–H groups in total. The molecule has 54 valence electrons. The number of allylic oxidation sites excluding steroid dienone is 1. The molecule has 0 aromatic carbocycles. The van der Waals surface area contributed by atoms with Gasteiger partial charge in [-0.25, -0.2) is 0 Å². The Morgan fingerprint density at radius 2 is 1.90 bits per heavy atom. The predicted molar refractivity (Wildman–Crippen MR) is 41.3 cm³/mol. The summed E-state index contributed by atoms with van der Waals surface area (Å²) in [4.78, 5) is 0. The summed E-state index contributed by atoms with van der Waals surface area (Å²) in [6.45, 7) is 3.70. The van der Waals surface area contributed by atoms with Gasteiger partial charge in [-0.05, 0) is 12.8 Å². The second kappa shape index (κ2) is 2.88. The van der Waals surface area contributed by atoms with Crippen molar-refractivity contribution >= 4 is 0 Å². The van der Waals surface area contributed by atoms with Gasteiger partial charge >= 0.3 is 0 Å². The van der Waals surface area contributed by atoms with Crippen molar-refractivity contribution in [1.29, 1.82) is 5.26 Å². The van der Waals surface area contributed by atoms with Crippen LogP contribution in [0.25, 0.3) is 0 Å². The fraction of sp³-hybridized carbons (Fsp3) is 0.667. The molecule has 1 aliphatic carbocycles. The van der Waals surface area contributed by atoms with Crippen LogP contribution in [0.4, 0.5) is 0 Å². The van der Waals surface area contributed by atoms with Crippen LogP contribution in [-0.2, 0) is 0 Å². The molecule has 0 aliphatic heterocycles. The van der Waals surface area contributed by atoms with Gasteiger partial charge in [0, 0.05) is 0 Å². The summed E-state index contributed by atoms with van der Waals surface area (Å²) in [5, 5.41) is 8.82. The lowest BCUT2D eigenvalue weighted by Gasteiger charge is -2.26. The molecule has 0 spiro atoms. The Kier molecular flexibility index (Phi) is 2.11. The molecule has 10 heavy (non-hydrogen) atoms. The molecular formula is C9H13N. The second-order valence-corrected chi connectivity index (χ2v) is 3.03. The molecule has 0 aromatic heterocycles. The standard InChI is InChI=1S/C9H13N/c1-2-9(8-10)6-4-3-5-7-9/h2H,1,3-7H2. The lowest BCUT2D eigenvalue weighted by Crippen LogP contribution is -2.18. The Balaban J connectivity index is 2.63. The van der Waals surface area contributed by atoms with Crippen molar-refractivity contribution in [1.82, 2.24) is 0 Å². The van der Waals surface area contributed by atoms with E-state index in [0.717, 1.165) is 12.8 Å². The summed E-state index contributed by atoms with van der Waals surface area (Å²) in [6, 6.07) is 2.35. The molecule has 0 unspecified atom stereocenters. The summed E-state index contributed by atoms with van der Waals surface area (Å²) >= 11 is 0. The molecule has 0 aromatic rings. The molecule has 0 saturated heterocycles. The summed E-state index contributed by atoms with van der Waals surface area (Å²) in [7, 11) is 0. The Bertz CT molecular complexity index is 158. The van der Waals surface area contributed by atoms with E-state index in [1.165, 1.54) is 19.3 Å². The van der Waals surface area contributed by atoms with Crippen LogP contribution in [0, 0.1) is 16.7 Å². The molecule has 1 fully saturated rings. The van der Waals surface area contributed by atoms with E-state index >= 15 is 0 Å². The molecule has 1 saturated carbocycles.